The van der Waals surface area contributed by atoms with Crippen LogP contribution in [-0.2, 0) is 0 Å². The highest BCUT2D eigenvalue weighted by Gasteiger charge is 2.18. The molecule has 1 aromatic heterocycles. The first-order valence-electron chi connectivity index (χ1n) is 4.66. The lowest BCUT2D eigenvalue weighted by Crippen LogP contribution is -2.31. The molecule has 2 N–H and O–H groups in total. The maximum absolute atomic E-state index is 9.20. The van der Waals surface area contributed by atoms with Crippen molar-refractivity contribution in [2.75, 3.05) is 0 Å². The third-order valence-electron chi connectivity index (χ3n) is 2.25. The molecule has 0 aliphatic rings. The molecule has 1 heterocycles. The summed E-state index contributed by atoms with van der Waals surface area (Å²) in [5, 5.41) is 27.2. The van der Waals surface area contributed by atoms with Gasteiger partial charge in [0.1, 0.15) is 5.76 Å². The Morgan fingerprint density at radius 1 is 1.25 bits per heavy atom. The lowest BCUT2D eigenvalue weighted by Gasteiger charge is -2.06. The second kappa shape index (κ2) is 4.23. The Morgan fingerprint density at radius 2 is 2.06 bits per heavy atom. The fourth-order valence-electron chi connectivity index (χ4n) is 1.50. The molecule has 0 unspecified atom stereocenters. The fraction of sp³-hybridized carbons (Fsp3) is 0. The van der Waals surface area contributed by atoms with E-state index in [2.05, 4.69) is 0 Å². The van der Waals surface area contributed by atoms with Gasteiger partial charge in [0.05, 0.1) is 17.9 Å². The predicted molar refractivity (Wildman–Crippen MR) is 58.7 cm³/mol. The van der Waals surface area contributed by atoms with Gasteiger partial charge in [-0.2, -0.15) is 5.26 Å². The lowest BCUT2D eigenvalue weighted by molar-refractivity contribution is 0.425. The molecular formula is C11H8BNO3. The van der Waals surface area contributed by atoms with Crippen molar-refractivity contribution in [3.05, 3.63) is 42.2 Å². The molecule has 0 amide bonds. The summed E-state index contributed by atoms with van der Waals surface area (Å²) in [6.45, 7) is 0. The van der Waals surface area contributed by atoms with E-state index in [1.54, 1.807) is 18.2 Å². The van der Waals surface area contributed by atoms with E-state index in [-0.39, 0.29) is 0 Å². The zero-order valence-electron chi connectivity index (χ0n) is 8.29. The zero-order chi connectivity index (χ0) is 11.5. The van der Waals surface area contributed by atoms with Crippen molar-refractivity contribution in [3.8, 4) is 17.4 Å². The van der Waals surface area contributed by atoms with Gasteiger partial charge in [-0.25, -0.2) is 0 Å². The maximum atomic E-state index is 9.20. The highest BCUT2D eigenvalue weighted by atomic mass is 16.4. The SMILES string of the molecule is N#Cc1ccc(B(O)O)c(-c2ccco2)c1. The van der Waals surface area contributed by atoms with Crippen molar-refractivity contribution >= 4 is 12.6 Å². The third kappa shape index (κ3) is 1.84. The molecule has 0 spiro atoms. The van der Waals surface area contributed by atoms with E-state index in [0.29, 0.717) is 22.3 Å². The van der Waals surface area contributed by atoms with Gasteiger partial charge >= 0.3 is 7.12 Å². The summed E-state index contributed by atoms with van der Waals surface area (Å²) >= 11 is 0. The van der Waals surface area contributed by atoms with Gasteiger partial charge < -0.3 is 14.5 Å². The largest absolute Gasteiger partial charge is 0.489 e. The number of benzene rings is 1. The Bertz CT molecular complexity index is 529. The van der Waals surface area contributed by atoms with Crippen molar-refractivity contribution in [1.82, 2.24) is 0 Å². The molecule has 0 atom stereocenters. The Hall–Kier alpha value is -2.03. The van der Waals surface area contributed by atoms with Crippen molar-refractivity contribution in [2.45, 2.75) is 0 Å². The summed E-state index contributed by atoms with van der Waals surface area (Å²) in [7, 11) is -1.59. The molecule has 0 saturated carbocycles. The van der Waals surface area contributed by atoms with Gasteiger partial charge in [0.2, 0.25) is 0 Å². The molecule has 0 radical (unpaired) electrons. The molecule has 0 bridgehead atoms. The Morgan fingerprint density at radius 3 is 2.62 bits per heavy atom. The molecule has 2 aromatic rings. The topological polar surface area (TPSA) is 77.4 Å². The van der Waals surface area contributed by atoms with Crippen LogP contribution >= 0.6 is 0 Å². The Labute approximate surface area is 92.5 Å². The summed E-state index contributed by atoms with van der Waals surface area (Å²) in [6.07, 6.45) is 1.49. The van der Waals surface area contributed by atoms with Crippen molar-refractivity contribution in [1.29, 1.82) is 5.26 Å². The standard InChI is InChI=1S/C11H8BNO3/c13-7-8-3-4-10(12(14)15)9(6-8)11-2-1-5-16-11/h1-6,14-15H. The predicted octanol–water partition coefficient (Wildman–Crippen LogP) is 0.498. The van der Waals surface area contributed by atoms with Crippen molar-refractivity contribution in [2.24, 2.45) is 0 Å². The summed E-state index contributed by atoms with van der Waals surface area (Å²) in [6, 6.07) is 9.98. The van der Waals surface area contributed by atoms with Crippen LogP contribution in [0.25, 0.3) is 11.3 Å². The van der Waals surface area contributed by atoms with Gasteiger partial charge in [-0.1, -0.05) is 6.07 Å². The number of rotatable bonds is 2. The first-order chi connectivity index (χ1) is 7.72. The second-order valence-electron chi connectivity index (χ2n) is 3.26. The normalized spacial score (nSPS) is 9.81. The molecule has 0 fully saturated rings. The molecule has 1 aromatic carbocycles. The van der Waals surface area contributed by atoms with Crippen LogP contribution in [-0.4, -0.2) is 17.2 Å². The van der Waals surface area contributed by atoms with Gasteiger partial charge in [0.25, 0.3) is 0 Å². The summed E-state index contributed by atoms with van der Waals surface area (Å²) < 4.78 is 5.18. The molecule has 16 heavy (non-hydrogen) atoms. The smallest absolute Gasteiger partial charge is 0.464 e. The highest BCUT2D eigenvalue weighted by Crippen LogP contribution is 2.19. The van der Waals surface area contributed by atoms with E-state index >= 15 is 0 Å². The average Bonchev–Trinajstić information content (AvgIpc) is 2.81. The molecule has 78 valence electrons. The number of hydrogen-bond acceptors (Lipinski definition) is 4. The number of hydrogen-bond donors (Lipinski definition) is 2. The molecule has 0 saturated heterocycles. The van der Waals surface area contributed by atoms with E-state index in [4.69, 9.17) is 9.68 Å². The van der Waals surface area contributed by atoms with Crippen molar-refractivity contribution < 1.29 is 14.5 Å². The molecule has 0 aliphatic heterocycles. The molecule has 2 rings (SSSR count). The summed E-state index contributed by atoms with van der Waals surface area (Å²) in [4.78, 5) is 0. The van der Waals surface area contributed by atoms with E-state index in [1.807, 2.05) is 6.07 Å². The maximum Gasteiger partial charge on any atom is 0.489 e. The van der Waals surface area contributed by atoms with Crippen LogP contribution in [0.3, 0.4) is 0 Å². The lowest BCUT2D eigenvalue weighted by atomic mass is 9.76. The summed E-state index contributed by atoms with van der Waals surface area (Å²) in [5.74, 6) is 0.500. The molecular weight excluding hydrogens is 205 g/mol. The molecule has 4 nitrogen and oxygen atoms in total. The fourth-order valence-corrected chi connectivity index (χ4v) is 1.50. The van der Waals surface area contributed by atoms with E-state index < -0.39 is 7.12 Å². The van der Waals surface area contributed by atoms with Gasteiger partial charge in [-0.3, -0.25) is 0 Å². The number of nitriles is 1. The molecule has 5 heteroatoms. The monoisotopic (exact) mass is 213 g/mol. The minimum absolute atomic E-state index is 0.314. The number of nitrogens with zero attached hydrogens (tertiary/aromatic N) is 1. The van der Waals surface area contributed by atoms with Crippen LogP contribution < -0.4 is 5.46 Å². The first kappa shape index (κ1) is 10.5. The van der Waals surface area contributed by atoms with Gasteiger partial charge in [-0.05, 0) is 29.7 Å². The van der Waals surface area contributed by atoms with Crippen LogP contribution in [0.2, 0.25) is 0 Å². The third-order valence-corrected chi connectivity index (χ3v) is 2.25. The second-order valence-corrected chi connectivity index (χ2v) is 3.26. The highest BCUT2D eigenvalue weighted by molar-refractivity contribution is 6.60. The van der Waals surface area contributed by atoms with Crippen LogP contribution in [0.5, 0.6) is 0 Å². The van der Waals surface area contributed by atoms with E-state index in [9.17, 15) is 10.0 Å². The Kier molecular flexibility index (Phi) is 2.77. The summed E-state index contributed by atoms with van der Waals surface area (Å²) in [5.41, 5.74) is 1.27. The van der Waals surface area contributed by atoms with Crippen LogP contribution in [0.1, 0.15) is 5.56 Å². The Balaban J connectivity index is 2.61. The first-order valence-corrected chi connectivity index (χ1v) is 4.66. The van der Waals surface area contributed by atoms with Crippen LogP contribution in [0.15, 0.2) is 41.0 Å². The van der Waals surface area contributed by atoms with E-state index in [0.717, 1.165) is 0 Å². The van der Waals surface area contributed by atoms with Gasteiger partial charge in [0, 0.05) is 5.56 Å². The van der Waals surface area contributed by atoms with Gasteiger partial charge in [-0.15, -0.1) is 0 Å². The van der Waals surface area contributed by atoms with Gasteiger partial charge in [0.15, 0.2) is 0 Å². The number of furan rings is 1. The minimum Gasteiger partial charge on any atom is -0.464 e. The van der Waals surface area contributed by atoms with Crippen LogP contribution in [0.4, 0.5) is 0 Å². The average molecular weight is 213 g/mol. The quantitative estimate of drug-likeness (QED) is 0.712. The zero-order valence-corrected chi connectivity index (χ0v) is 8.29. The minimum atomic E-state index is -1.59. The molecule has 0 aliphatic carbocycles. The van der Waals surface area contributed by atoms with Crippen molar-refractivity contribution in [3.63, 3.8) is 0 Å². The van der Waals surface area contributed by atoms with E-state index in [1.165, 1.54) is 18.4 Å². The van der Waals surface area contributed by atoms with Crippen LogP contribution in [0, 0.1) is 11.3 Å².